The summed E-state index contributed by atoms with van der Waals surface area (Å²) in [5.41, 5.74) is 1.05. The molecule has 2 aromatic rings. The van der Waals surface area contributed by atoms with Gasteiger partial charge in [-0.25, -0.2) is 13.1 Å². The van der Waals surface area contributed by atoms with Crippen LogP contribution in [0.1, 0.15) is 24.2 Å². The van der Waals surface area contributed by atoms with Gasteiger partial charge < -0.3 is 10.1 Å². The molecule has 114 valence electrons. The van der Waals surface area contributed by atoms with E-state index in [-0.39, 0.29) is 11.5 Å². The molecule has 1 heterocycles. The summed E-state index contributed by atoms with van der Waals surface area (Å²) in [6.45, 7) is 1.43. The van der Waals surface area contributed by atoms with Gasteiger partial charge >= 0.3 is 0 Å². The molecule has 0 bridgehead atoms. The van der Waals surface area contributed by atoms with Crippen molar-refractivity contribution in [1.82, 2.24) is 9.71 Å². The molecular weight excluding hydrogens is 335 g/mol. The largest absolute Gasteiger partial charge is 0.390 e. The molecule has 1 aromatic carbocycles. The van der Waals surface area contributed by atoms with Gasteiger partial charge in [0.15, 0.2) is 0 Å². The molecule has 0 aliphatic heterocycles. The number of nitrogens with one attached hydrogen (secondary N) is 2. The fourth-order valence-electron chi connectivity index (χ4n) is 1.88. The van der Waals surface area contributed by atoms with Crippen molar-refractivity contribution in [2.75, 3.05) is 0 Å². The number of hydrogen-bond acceptors (Lipinski definition) is 3. The molecule has 5 nitrogen and oxygen atoms in total. The minimum Gasteiger partial charge on any atom is -0.390 e. The highest BCUT2D eigenvalue weighted by atomic mass is 35.5. The van der Waals surface area contributed by atoms with Crippen molar-refractivity contribution in [3.05, 3.63) is 51.8 Å². The third kappa shape index (κ3) is 3.78. The normalized spacial score (nSPS) is 13.3. The number of aromatic amines is 1. The van der Waals surface area contributed by atoms with Gasteiger partial charge in [0.2, 0.25) is 10.0 Å². The zero-order valence-corrected chi connectivity index (χ0v) is 13.4. The molecule has 1 unspecified atom stereocenters. The van der Waals surface area contributed by atoms with Crippen molar-refractivity contribution in [3.63, 3.8) is 0 Å². The summed E-state index contributed by atoms with van der Waals surface area (Å²) in [5, 5.41) is 9.84. The predicted octanol–water partition coefficient (Wildman–Crippen LogP) is 2.85. The molecule has 0 spiro atoms. The number of halogens is 2. The topological polar surface area (TPSA) is 82.2 Å². The van der Waals surface area contributed by atoms with Crippen LogP contribution in [0.4, 0.5) is 0 Å². The van der Waals surface area contributed by atoms with Crippen molar-refractivity contribution < 1.29 is 13.5 Å². The predicted molar refractivity (Wildman–Crippen MR) is 81.9 cm³/mol. The first-order valence-corrected chi connectivity index (χ1v) is 8.33. The summed E-state index contributed by atoms with van der Waals surface area (Å²) in [4.78, 5) is 2.74. The minimum absolute atomic E-state index is 0.0588. The van der Waals surface area contributed by atoms with Gasteiger partial charge in [-0.15, -0.1) is 0 Å². The maximum atomic E-state index is 12.2. The molecular formula is C13H14Cl2N2O3S. The van der Waals surface area contributed by atoms with Crippen molar-refractivity contribution >= 4 is 33.2 Å². The quantitative estimate of drug-likeness (QED) is 0.776. The van der Waals surface area contributed by atoms with E-state index in [0.717, 1.165) is 0 Å². The Bertz CT molecular complexity index is 744. The number of sulfonamides is 1. The number of benzene rings is 1. The van der Waals surface area contributed by atoms with Gasteiger partial charge in [-0.2, -0.15) is 0 Å². The van der Waals surface area contributed by atoms with Gasteiger partial charge in [-0.1, -0.05) is 29.3 Å². The Balaban J connectivity index is 2.23. The van der Waals surface area contributed by atoms with Crippen LogP contribution in [0, 0.1) is 0 Å². The number of H-pyrrole nitrogens is 1. The minimum atomic E-state index is -3.71. The number of rotatable bonds is 5. The first kappa shape index (κ1) is 16.3. The van der Waals surface area contributed by atoms with Gasteiger partial charge in [-0.3, -0.25) is 0 Å². The van der Waals surface area contributed by atoms with Crippen molar-refractivity contribution in [3.8, 4) is 0 Å². The number of aromatic nitrogens is 1. The zero-order chi connectivity index (χ0) is 15.6. The summed E-state index contributed by atoms with van der Waals surface area (Å²) < 4.78 is 27.0. The number of aliphatic hydroxyl groups excluding tert-OH is 1. The lowest BCUT2D eigenvalue weighted by atomic mass is 10.1. The van der Waals surface area contributed by atoms with E-state index in [2.05, 4.69) is 9.71 Å². The van der Waals surface area contributed by atoms with E-state index in [0.29, 0.717) is 21.3 Å². The van der Waals surface area contributed by atoms with Crippen molar-refractivity contribution in [1.29, 1.82) is 0 Å². The molecule has 8 heteroatoms. The molecule has 21 heavy (non-hydrogen) atoms. The lowest BCUT2D eigenvalue weighted by Crippen LogP contribution is -2.26. The third-order valence-electron chi connectivity index (χ3n) is 2.96. The maximum Gasteiger partial charge on any atom is 0.242 e. The standard InChI is InChI=1S/C13H14Cl2N2O3S/c1-8(12-3-2-9(14)4-13(12)15)17-21(19,20)11-5-10(7-18)16-6-11/h2-6,8,16-18H,7H2,1H3. The molecule has 0 aliphatic rings. The zero-order valence-electron chi connectivity index (χ0n) is 11.1. The molecule has 0 radical (unpaired) electrons. The van der Waals surface area contributed by atoms with Gasteiger partial charge in [0, 0.05) is 28.0 Å². The highest BCUT2D eigenvalue weighted by molar-refractivity contribution is 7.89. The van der Waals surface area contributed by atoms with Crippen LogP contribution in [0.5, 0.6) is 0 Å². The van der Waals surface area contributed by atoms with Gasteiger partial charge in [0.05, 0.1) is 11.5 Å². The highest BCUT2D eigenvalue weighted by Gasteiger charge is 2.21. The maximum absolute atomic E-state index is 12.2. The van der Waals surface area contributed by atoms with E-state index in [1.807, 2.05) is 0 Å². The van der Waals surface area contributed by atoms with Crippen LogP contribution in [-0.2, 0) is 16.6 Å². The molecule has 0 fully saturated rings. The summed E-state index contributed by atoms with van der Waals surface area (Å²) in [7, 11) is -3.71. The van der Waals surface area contributed by atoms with Crippen LogP contribution in [0.15, 0.2) is 35.4 Å². The first-order valence-electron chi connectivity index (χ1n) is 6.09. The average Bonchev–Trinajstić information content (AvgIpc) is 2.87. The van der Waals surface area contributed by atoms with Crippen molar-refractivity contribution in [2.24, 2.45) is 0 Å². The van der Waals surface area contributed by atoms with Gasteiger partial charge in [-0.05, 0) is 30.7 Å². The Morgan fingerprint density at radius 2 is 2.05 bits per heavy atom. The lowest BCUT2D eigenvalue weighted by molar-refractivity contribution is 0.277. The van der Waals surface area contributed by atoms with E-state index < -0.39 is 16.1 Å². The Kier molecular flexibility index (Phi) is 4.95. The molecule has 2 rings (SSSR count). The second-order valence-electron chi connectivity index (χ2n) is 4.53. The second kappa shape index (κ2) is 6.37. The Morgan fingerprint density at radius 3 is 2.62 bits per heavy atom. The fourth-order valence-corrected chi connectivity index (χ4v) is 3.69. The van der Waals surface area contributed by atoms with Crippen LogP contribution in [0.25, 0.3) is 0 Å². The number of hydrogen-bond donors (Lipinski definition) is 3. The molecule has 1 aromatic heterocycles. The fraction of sp³-hybridized carbons (Fsp3) is 0.231. The molecule has 0 saturated heterocycles. The Hall–Kier alpha value is -1.05. The summed E-state index contributed by atoms with van der Waals surface area (Å²) in [6, 6.07) is 5.73. The monoisotopic (exact) mass is 348 g/mol. The SMILES string of the molecule is CC(NS(=O)(=O)c1c[nH]c(CO)c1)c1ccc(Cl)cc1Cl. The highest BCUT2D eigenvalue weighted by Crippen LogP contribution is 2.27. The molecule has 0 aliphatic carbocycles. The Morgan fingerprint density at radius 1 is 1.33 bits per heavy atom. The van der Waals surface area contributed by atoms with Crippen LogP contribution in [0.2, 0.25) is 10.0 Å². The summed E-state index contributed by atoms with van der Waals surface area (Å²) in [6.07, 6.45) is 1.32. The van der Waals surface area contributed by atoms with E-state index in [9.17, 15) is 8.42 Å². The van der Waals surface area contributed by atoms with Crippen LogP contribution in [0.3, 0.4) is 0 Å². The second-order valence-corrected chi connectivity index (χ2v) is 7.09. The third-order valence-corrected chi connectivity index (χ3v) is 5.04. The van der Waals surface area contributed by atoms with Crippen LogP contribution >= 0.6 is 23.2 Å². The molecule has 3 N–H and O–H groups in total. The molecule has 0 saturated carbocycles. The van der Waals surface area contributed by atoms with E-state index in [1.54, 1.807) is 25.1 Å². The lowest BCUT2D eigenvalue weighted by Gasteiger charge is -2.15. The van der Waals surface area contributed by atoms with E-state index in [1.165, 1.54) is 12.3 Å². The van der Waals surface area contributed by atoms with E-state index in [4.69, 9.17) is 28.3 Å². The van der Waals surface area contributed by atoms with Crippen LogP contribution in [-0.4, -0.2) is 18.5 Å². The molecule has 0 amide bonds. The number of aliphatic hydroxyl groups is 1. The van der Waals surface area contributed by atoms with Crippen LogP contribution < -0.4 is 4.72 Å². The Labute approximate surface area is 133 Å². The van der Waals surface area contributed by atoms with Gasteiger partial charge in [0.1, 0.15) is 0 Å². The summed E-state index contributed by atoms with van der Waals surface area (Å²) in [5.74, 6) is 0. The first-order chi connectivity index (χ1) is 9.83. The van der Waals surface area contributed by atoms with Gasteiger partial charge in [0.25, 0.3) is 0 Å². The van der Waals surface area contributed by atoms with Crippen molar-refractivity contribution in [2.45, 2.75) is 24.5 Å². The summed E-state index contributed by atoms with van der Waals surface area (Å²) >= 11 is 11.9. The smallest absolute Gasteiger partial charge is 0.242 e. The van der Waals surface area contributed by atoms with E-state index >= 15 is 0 Å². The average molecular weight is 349 g/mol. The molecule has 1 atom stereocenters.